The van der Waals surface area contributed by atoms with Gasteiger partial charge in [-0.3, -0.25) is 4.79 Å². The summed E-state index contributed by atoms with van der Waals surface area (Å²) < 4.78 is 40.2. The number of carbonyl (C=O) groups is 1. The molecule has 1 aromatic heterocycles. The van der Waals surface area contributed by atoms with E-state index in [-0.39, 0.29) is 35.8 Å². The Kier molecular flexibility index (Phi) is 4.62. The van der Waals surface area contributed by atoms with Crippen molar-refractivity contribution in [2.75, 3.05) is 6.54 Å². The number of aromatic nitrogens is 2. The third kappa shape index (κ3) is 3.71. The molecule has 0 fully saturated rings. The molecule has 1 amide bonds. The van der Waals surface area contributed by atoms with Crippen LogP contribution in [0.2, 0.25) is 0 Å². The number of nitrogens with zero attached hydrogens (tertiary/aromatic N) is 5. The molecule has 2 aliphatic rings. The molecule has 3 rings (SSSR count). The number of halogens is 4. The predicted octanol–water partition coefficient (Wildman–Crippen LogP) is 3.36. The van der Waals surface area contributed by atoms with Crippen LogP contribution in [0, 0.1) is 12.3 Å². The van der Waals surface area contributed by atoms with Crippen molar-refractivity contribution in [1.29, 1.82) is 0 Å². The molecule has 0 saturated heterocycles. The topological polar surface area (TPSA) is 62.9 Å². The lowest BCUT2D eigenvalue weighted by Gasteiger charge is -2.28. The summed E-state index contributed by atoms with van der Waals surface area (Å²) in [6, 6.07) is 0. The van der Waals surface area contributed by atoms with Crippen molar-refractivity contribution in [3.63, 3.8) is 0 Å². The third-order valence-electron chi connectivity index (χ3n) is 4.32. The van der Waals surface area contributed by atoms with Gasteiger partial charge in [0.1, 0.15) is 10.4 Å². The van der Waals surface area contributed by atoms with Crippen LogP contribution in [0.25, 0.3) is 0 Å². The first-order valence-electron chi connectivity index (χ1n) is 7.73. The van der Waals surface area contributed by atoms with Crippen molar-refractivity contribution in [2.24, 2.45) is 10.2 Å². The summed E-state index contributed by atoms with van der Waals surface area (Å²) in [5.41, 5.74) is -1.50. The zero-order chi connectivity index (χ0) is 18.2. The van der Waals surface area contributed by atoms with Gasteiger partial charge in [-0.25, -0.2) is 4.98 Å². The highest BCUT2D eigenvalue weighted by Gasteiger charge is 2.41. The Morgan fingerprint density at radius 1 is 1.32 bits per heavy atom. The fourth-order valence-corrected chi connectivity index (χ4v) is 3.52. The lowest BCUT2D eigenvalue weighted by atomic mass is 10.0. The molecule has 3 heterocycles. The summed E-state index contributed by atoms with van der Waals surface area (Å²) in [6.07, 6.45) is 2.54. The summed E-state index contributed by atoms with van der Waals surface area (Å²) in [6.45, 7) is 0.657. The molecule has 0 aromatic carbocycles. The Bertz CT molecular complexity index is 758. The van der Waals surface area contributed by atoms with Gasteiger partial charge in [0.25, 0.3) is 0 Å². The molecule has 0 radical (unpaired) electrons. The second-order valence-electron chi connectivity index (χ2n) is 6.02. The van der Waals surface area contributed by atoms with E-state index in [0.29, 0.717) is 25.8 Å². The number of hydrogen-bond acceptors (Lipinski definition) is 4. The lowest BCUT2D eigenvalue weighted by Crippen LogP contribution is -2.38. The van der Waals surface area contributed by atoms with Crippen molar-refractivity contribution in [3.05, 3.63) is 16.1 Å². The number of fused-ring (bicyclic) bond motifs is 1. The van der Waals surface area contributed by atoms with Gasteiger partial charge >= 0.3 is 6.18 Å². The Morgan fingerprint density at radius 2 is 2.04 bits per heavy atom. The van der Waals surface area contributed by atoms with E-state index in [9.17, 15) is 18.0 Å². The van der Waals surface area contributed by atoms with Gasteiger partial charge in [0, 0.05) is 38.8 Å². The number of alkyl halides is 3. The summed E-state index contributed by atoms with van der Waals surface area (Å²) >= 11 is 2.95. The van der Waals surface area contributed by atoms with Crippen LogP contribution in [-0.4, -0.2) is 32.6 Å². The molecule has 134 valence electrons. The molecule has 0 unspecified atom stereocenters. The number of terminal acetylenes is 1. The van der Waals surface area contributed by atoms with Crippen LogP contribution in [0.1, 0.15) is 37.2 Å². The highest BCUT2D eigenvalue weighted by atomic mass is 79.9. The van der Waals surface area contributed by atoms with Crippen molar-refractivity contribution >= 4 is 21.8 Å². The van der Waals surface area contributed by atoms with Crippen molar-refractivity contribution in [2.45, 2.75) is 50.6 Å². The average molecular weight is 418 g/mol. The monoisotopic (exact) mass is 417 g/mol. The molecule has 1 aromatic rings. The van der Waals surface area contributed by atoms with Gasteiger partial charge in [-0.15, -0.1) is 12.3 Å². The number of carbonyl (C=O) groups excluding carboxylic acids is 1. The van der Waals surface area contributed by atoms with Crippen LogP contribution in [-0.2, 0) is 24.1 Å². The third-order valence-corrected chi connectivity index (χ3v) is 5.13. The Morgan fingerprint density at radius 3 is 2.64 bits per heavy atom. The minimum absolute atomic E-state index is 0.0547. The molecular formula is C15H15BrF3N5O. The molecule has 2 aliphatic heterocycles. The first kappa shape index (κ1) is 17.9. The van der Waals surface area contributed by atoms with E-state index < -0.39 is 17.5 Å². The SMILES string of the molecule is C#CCCC1(CCC(=O)N2CCn3c(nc(C(F)(F)F)c3Br)C2)N=N1. The first-order chi connectivity index (χ1) is 11.8. The second-order valence-corrected chi connectivity index (χ2v) is 6.77. The van der Waals surface area contributed by atoms with Crippen LogP contribution >= 0.6 is 15.9 Å². The number of hydrogen-bond donors (Lipinski definition) is 0. The van der Waals surface area contributed by atoms with Crippen LogP contribution in [0.4, 0.5) is 13.2 Å². The minimum Gasteiger partial charge on any atom is -0.333 e. The van der Waals surface area contributed by atoms with E-state index in [4.69, 9.17) is 6.42 Å². The molecule has 0 spiro atoms. The van der Waals surface area contributed by atoms with E-state index >= 15 is 0 Å². The number of amides is 1. The molecule has 10 heteroatoms. The second kappa shape index (κ2) is 6.44. The van der Waals surface area contributed by atoms with Crippen LogP contribution in [0.3, 0.4) is 0 Å². The highest BCUT2D eigenvalue weighted by molar-refractivity contribution is 9.10. The van der Waals surface area contributed by atoms with Crippen molar-refractivity contribution in [3.8, 4) is 12.3 Å². The Labute approximate surface area is 150 Å². The molecule has 6 nitrogen and oxygen atoms in total. The van der Waals surface area contributed by atoms with E-state index in [1.807, 2.05) is 0 Å². The zero-order valence-electron chi connectivity index (χ0n) is 13.2. The van der Waals surface area contributed by atoms with Crippen molar-refractivity contribution in [1.82, 2.24) is 14.5 Å². The molecule has 25 heavy (non-hydrogen) atoms. The highest BCUT2D eigenvalue weighted by Crippen LogP contribution is 2.38. The quantitative estimate of drug-likeness (QED) is 0.689. The summed E-state index contributed by atoms with van der Waals surface area (Å²) in [7, 11) is 0. The minimum atomic E-state index is -4.53. The van der Waals surface area contributed by atoms with Gasteiger partial charge in [0.05, 0.1) is 6.54 Å². The van der Waals surface area contributed by atoms with Gasteiger partial charge in [-0.1, -0.05) is 0 Å². The fourth-order valence-electron chi connectivity index (χ4n) is 2.82. The zero-order valence-corrected chi connectivity index (χ0v) is 14.8. The number of imidazole rings is 1. The molecule has 0 N–H and O–H groups in total. The Hall–Kier alpha value is -1.89. The van der Waals surface area contributed by atoms with E-state index in [1.165, 1.54) is 9.47 Å². The number of rotatable bonds is 5. The summed E-state index contributed by atoms with van der Waals surface area (Å²) in [5, 5.41) is 7.95. The van der Waals surface area contributed by atoms with E-state index in [1.54, 1.807) is 0 Å². The van der Waals surface area contributed by atoms with E-state index in [2.05, 4.69) is 37.1 Å². The van der Waals surface area contributed by atoms with Crippen LogP contribution in [0.15, 0.2) is 14.8 Å². The normalized spacial score (nSPS) is 18.0. The first-order valence-corrected chi connectivity index (χ1v) is 8.52. The van der Waals surface area contributed by atoms with E-state index in [0.717, 1.165) is 0 Å². The molecule has 0 bridgehead atoms. The van der Waals surface area contributed by atoms with Crippen molar-refractivity contribution < 1.29 is 18.0 Å². The largest absolute Gasteiger partial charge is 0.436 e. The van der Waals surface area contributed by atoms with Crippen LogP contribution in [0.5, 0.6) is 0 Å². The molecule has 0 aliphatic carbocycles. The Balaban J connectivity index is 1.61. The maximum absolute atomic E-state index is 12.9. The van der Waals surface area contributed by atoms with Gasteiger partial charge in [-0.2, -0.15) is 23.4 Å². The average Bonchev–Trinajstić information content (AvgIpc) is 3.26. The molecule has 0 atom stereocenters. The standard InChI is InChI=1S/C15H15BrF3N5O/c1-2-3-5-14(21-22-14)6-4-11(25)23-7-8-24-10(9-23)20-12(13(24)16)15(17,18)19/h1H,3-9H2. The molecular weight excluding hydrogens is 403 g/mol. The maximum atomic E-state index is 12.9. The molecule has 0 saturated carbocycles. The fraction of sp³-hybridized carbons (Fsp3) is 0.600. The maximum Gasteiger partial charge on any atom is 0.436 e. The lowest BCUT2D eigenvalue weighted by molar-refractivity contribution is -0.141. The van der Waals surface area contributed by atoms with Gasteiger partial charge < -0.3 is 9.47 Å². The van der Waals surface area contributed by atoms with Gasteiger partial charge in [0.2, 0.25) is 5.91 Å². The summed E-state index contributed by atoms with van der Waals surface area (Å²) in [4.78, 5) is 17.6. The summed E-state index contributed by atoms with van der Waals surface area (Å²) in [5.74, 6) is 2.60. The predicted molar refractivity (Wildman–Crippen MR) is 85.2 cm³/mol. The van der Waals surface area contributed by atoms with Gasteiger partial charge in [0.15, 0.2) is 11.4 Å². The van der Waals surface area contributed by atoms with Crippen LogP contribution < -0.4 is 0 Å². The smallest absolute Gasteiger partial charge is 0.333 e. The van der Waals surface area contributed by atoms with Gasteiger partial charge in [-0.05, 0) is 15.9 Å².